The number of benzene rings is 1. The van der Waals surface area contributed by atoms with Gasteiger partial charge in [-0.25, -0.2) is 4.79 Å². The number of hydrogen-bond donors (Lipinski definition) is 0. The van der Waals surface area contributed by atoms with E-state index in [1.54, 1.807) is 4.90 Å². The van der Waals surface area contributed by atoms with E-state index >= 15 is 0 Å². The first-order valence-electron chi connectivity index (χ1n) is 9.04. The third-order valence-electron chi connectivity index (χ3n) is 5.61. The minimum absolute atomic E-state index is 0.155. The van der Waals surface area contributed by atoms with Gasteiger partial charge in [-0.15, -0.1) is 0 Å². The lowest BCUT2D eigenvalue weighted by Crippen LogP contribution is -2.44. The van der Waals surface area contributed by atoms with Crippen molar-refractivity contribution < 1.29 is 18.8 Å². The molecule has 1 saturated heterocycles. The summed E-state index contributed by atoms with van der Waals surface area (Å²) < 4.78 is 17.9. The van der Waals surface area contributed by atoms with Gasteiger partial charge in [0, 0.05) is 19.5 Å². The highest BCUT2D eigenvalue weighted by Crippen LogP contribution is 2.58. The third-order valence-corrected chi connectivity index (χ3v) is 5.61. The standard InChI is InChI=1S/C19H26BNO4/c1-17(2,3)23-16(22)21-10-9-14-13(11-21)7-6-8-15(14)20-24-18(4)12-19(18,5)25-20/h6-8H,9-12H2,1-5H3. The fourth-order valence-corrected chi connectivity index (χ4v) is 3.90. The number of carbonyl (C=O) groups excluding carboxylic acids is 1. The van der Waals surface area contributed by atoms with Gasteiger partial charge in [-0.3, -0.25) is 0 Å². The number of fused-ring (bicyclic) bond motifs is 2. The van der Waals surface area contributed by atoms with Gasteiger partial charge in [0.2, 0.25) is 0 Å². The molecule has 2 aliphatic heterocycles. The summed E-state index contributed by atoms with van der Waals surface area (Å²) in [5.41, 5.74) is 2.72. The Hall–Kier alpha value is -1.53. The molecule has 2 heterocycles. The molecule has 1 amide bonds. The highest BCUT2D eigenvalue weighted by molar-refractivity contribution is 6.63. The lowest BCUT2D eigenvalue weighted by molar-refractivity contribution is 0.0224. The van der Waals surface area contributed by atoms with Gasteiger partial charge < -0.3 is 18.9 Å². The summed E-state index contributed by atoms with van der Waals surface area (Å²) in [6.07, 6.45) is 1.50. The number of carbonyl (C=O) groups is 1. The van der Waals surface area contributed by atoms with Crippen LogP contribution < -0.4 is 5.46 Å². The van der Waals surface area contributed by atoms with E-state index in [4.69, 9.17) is 14.0 Å². The van der Waals surface area contributed by atoms with Gasteiger partial charge in [-0.1, -0.05) is 18.2 Å². The molecule has 1 aromatic rings. The molecule has 6 heteroatoms. The van der Waals surface area contributed by atoms with E-state index in [2.05, 4.69) is 26.0 Å². The second-order valence-electron chi connectivity index (χ2n) is 8.84. The van der Waals surface area contributed by atoms with E-state index in [9.17, 15) is 4.79 Å². The van der Waals surface area contributed by atoms with Gasteiger partial charge in [0.25, 0.3) is 0 Å². The number of ether oxygens (including phenoxy) is 1. The monoisotopic (exact) mass is 343 g/mol. The number of nitrogens with zero attached hydrogens (tertiary/aromatic N) is 1. The van der Waals surface area contributed by atoms with E-state index in [-0.39, 0.29) is 24.4 Å². The van der Waals surface area contributed by atoms with Crippen LogP contribution in [-0.4, -0.2) is 41.5 Å². The molecule has 1 aliphatic carbocycles. The van der Waals surface area contributed by atoms with Crippen LogP contribution >= 0.6 is 0 Å². The molecule has 4 rings (SSSR count). The summed E-state index contributed by atoms with van der Waals surface area (Å²) in [7, 11) is -0.299. The highest BCUT2D eigenvalue weighted by Gasteiger charge is 2.71. The van der Waals surface area contributed by atoms with Crippen LogP contribution in [0, 0.1) is 0 Å². The molecule has 2 fully saturated rings. The first-order valence-corrected chi connectivity index (χ1v) is 9.04. The second kappa shape index (κ2) is 5.24. The Kier molecular flexibility index (Phi) is 3.55. The van der Waals surface area contributed by atoms with Gasteiger partial charge >= 0.3 is 13.2 Å². The first kappa shape index (κ1) is 16.9. The molecule has 25 heavy (non-hydrogen) atoms. The van der Waals surface area contributed by atoms with Gasteiger partial charge in [0.1, 0.15) is 5.60 Å². The van der Waals surface area contributed by atoms with Crippen molar-refractivity contribution >= 4 is 18.7 Å². The van der Waals surface area contributed by atoms with E-state index in [0.29, 0.717) is 13.1 Å². The zero-order valence-corrected chi connectivity index (χ0v) is 15.7. The quantitative estimate of drug-likeness (QED) is 0.736. The summed E-state index contributed by atoms with van der Waals surface area (Å²) in [6.45, 7) is 11.1. The molecule has 3 aliphatic rings. The smallest absolute Gasteiger partial charge is 0.444 e. The lowest BCUT2D eigenvalue weighted by atomic mass is 9.73. The van der Waals surface area contributed by atoms with Crippen LogP contribution in [0.3, 0.4) is 0 Å². The molecule has 0 bridgehead atoms. The van der Waals surface area contributed by atoms with Crippen molar-refractivity contribution in [2.75, 3.05) is 6.54 Å². The molecular formula is C19H26BNO4. The van der Waals surface area contributed by atoms with Crippen molar-refractivity contribution in [1.82, 2.24) is 4.90 Å². The highest BCUT2D eigenvalue weighted by atomic mass is 16.7. The predicted molar refractivity (Wildman–Crippen MR) is 95.8 cm³/mol. The first-order chi connectivity index (χ1) is 11.6. The normalized spacial score (nSPS) is 30.8. The van der Waals surface area contributed by atoms with E-state index < -0.39 is 5.60 Å². The second-order valence-corrected chi connectivity index (χ2v) is 8.84. The topological polar surface area (TPSA) is 48.0 Å². The Balaban J connectivity index is 1.53. The van der Waals surface area contributed by atoms with Crippen LogP contribution in [0.25, 0.3) is 0 Å². The van der Waals surface area contributed by atoms with E-state index in [1.807, 2.05) is 26.8 Å². The molecule has 1 saturated carbocycles. The molecule has 5 nitrogen and oxygen atoms in total. The summed E-state index contributed by atoms with van der Waals surface area (Å²) >= 11 is 0. The van der Waals surface area contributed by atoms with Crippen LogP contribution in [0.4, 0.5) is 4.79 Å². The molecule has 0 aromatic heterocycles. The van der Waals surface area contributed by atoms with Crippen LogP contribution in [0.2, 0.25) is 0 Å². The summed E-state index contributed by atoms with van der Waals surface area (Å²) in [4.78, 5) is 14.1. The van der Waals surface area contributed by atoms with Crippen molar-refractivity contribution in [1.29, 1.82) is 0 Å². The maximum Gasteiger partial charge on any atom is 0.495 e. The summed E-state index contributed by atoms with van der Waals surface area (Å²) in [5.74, 6) is 0. The molecule has 0 N–H and O–H groups in total. The Bertz CT molecular complexity index is 715. The predicted octanol–water partition coefficient (Wildman–Crippen LogP) is 2.64. The van der Waals surface area contributed by atoms with Gasteiger partial charge in [0.15, 0.2) is 0 Å². The van der Waals surface area contributed by atoms with E-state index in [1.165, 1.54) is 5.56 Å². The van der Waals surface area contributed by atoms with Crippen molar-refractivity contribution in [2.45, 2.75) is 70.8 Å². The summed E-state index contributed by atoms with van der Waals surface area (Å²) in [6, 6.07) is 6.19. The lowest BCUT2D eigenvalue weighted by Gasteiger charge is -2.32. The average molecular weight is 343 g/mol. The number of hydrogen-bond acceptors (Lipinski definition) is 4. The third kappa shape index (κ3) is 2.85. The van der Waals surface area contributed by atoms with Gasteiger partial charge in [0.05, 0.1) is 11.2 Å². The van der Waals surface area contributed by atoms with Crippen molar-refractivity contribution in [2.24, 2.45) is 0 Å². The zero-order chi connectivity index (χ0) is 18.0. The fourth-order valence-electron chi connectivity index (χ4n) is 3.90. The van der Waals surface area contributed by atoms with Crippen molar-refractivity contribution in [3.63, 3.8) is 0 Å². The average Bonchev–Trinajstić information content (AvgIpc) is 2.93. The maximum atomic E-state index is 12.4. The molecular weight excluding hydrogens is 317 g/mol. The molecule has 2 atom stereocenters. The maximum absolute atomic E-state index is 12.4. The molecule has 2 unspecified atom stereocenters. The molecule has 0 radical (unpaired) electrons. The fraction of sp³-hybridized carbons (Fsp3) is 0.632. The SMILES string of the molecule is CC(C)(C)OC(=O)N1CCc2c(cccc2B2OC3(C)CC3(C)O2)C1. The van der Waals surface area contributed by atoms with Gasteiger partial charge in [-0.05, 0) is 57.6 Å². The Morgan fingerprint density at radius 1 is 1.24 bits per heavy atom. The Morgan fingerprint density at radius 2 is 1.92 bits per heavy atom. The van der Waals surface area contributed by atoms with E-state index in [0.717, 1.165) is 23.9 Å². The Labute approximate surface area is 149 Å². The largest absolute Gasteiger partial charge is 0.495 e. The zero-order valence-electron chi connectivity index (χ0n) is 15.7. The number of rotatable bonds is 1. The van der Waals surface area contributed by atoms with Crippen molar-refractivity contribution in [3.8, 4) is 0 Å². The van der Waals surface area contributed by atoms with Crippen LogP contribution in [0.15, 0.2) is 18.2 Å². The molecule has 1 aromatic carbocycles. The minimum Gasteiger partial charge on any atom is -0.444 e. The Morgan fingerprint density at radius 3 is 2.56 bits per heavy atom. The van der Waals surface area contributed by atoms with Crippen LogP contribution in [0.5, 0.6) is 0 Å². The van der Waals surface area contributed by atoms with Gasteiger partial charge in [-0.2, -0.15) is 0 Å². The van der Waals surface area contributed by atoms with Crippen molar-refractivity contribution in [3.05, 3.63) is 29.3 Å². The summed E-state index contributed by atoms with van der Waals surface area (Å²) in [5, 5.41) is 0. The van der Waals surface area contributed by atoms with Crippen LogP contribution in [-0.2, 0) is 27.0 Å². The molecule has 0 spiro atoms. The molecule has 134 valence electrons. The number of amides is 1. The van der Waals surface area contributed by atoms with Crippen LogP contribution in [0.1, 0.15) is 52.2 Å². The minimum atomic E-state index is -0.476.